The first kappa shape index (κ1) is 13.4. The van der Waals surface area contributed by atoms with Gasteiger partial charge >= 0.3 is 0 Å². The number of aliphatic hydroxyl groups is 1. The van der Waals surface area contributed by atoms with Gasteiger partial charge in [-0.1, -0.05) is 18.2 Å². The van der Waals surface area contributed by atoms with Crippen molar-refractivity contribution in [3.05, 3.63) is 29.8 Å². The van der Waals surface area contributed by atoms with E-state index in [1.54, 1.807) is 0 Å². The van der Waals surface area contributed by atoms with Gasteiger partial charge in [0.1, 0.15) is 12.4 Å². The number of piperidine rings is 1. The van der Waals surface area contributed by atoms with Crippen molar-refractivity contribution in [2.24, 2.45) is 0 Å². The van der Waals surface area contributed by atoms with Crippen LogP contribution in [0.15, 0.2) is 24.3 Å². The van der Waals surface area contributed by atoms with Crippen LogP contribution in [0, 0.1) is 6.92 Å². The lowest BCUT2D eigenvalue weighted by atomic mass is 9.94. The Labute approximate surface area is 109 Å². The summed E-state index contributed by atoms with van der Waals surface area (Å²) >= 11 is 0. The van der Waals surface area contributed by atoms with E-state index in [4.69, 9.17) is 4.74 Å². The summed E-state index contributed by atoms with van der Waals surface area (Å²) in [5.41, 5.74) is 0.715. The number of rotatable bonds is 4. The lowest BCUT2D eigenvalue weighted by molar-refractivity contribution is -0.00769. The Hall–Kier alpha value is -1.06. The Balaban J connectivity index is 1.72. The molecule has 3 heteroatoms. The molecule has 0 spiro atoms. The molecule has 1 aromatic rings. The van der Waals surface area contributed by atoms with Gasteiger partial charge in [-0.15, -0.1) is 0 Å². The monoisotopic (exact) mass is 249 g/mol. The number of nitrogens with zero attached hydrogens (tertiary/aromatic N) is 1. The van der Waals surface area contributed by atoms with Crippen LogP contribution in [0.5, 0.6) is 5.75 Å². The van der Waals surface area contributed by atoms with E-state index in [2.05, 4.69) is 17.9 Å². The summed E-state index contributed by atoms with van der Waals surface area (Å²) in [4.78, 5) is 2.36. The van der Waals surface area contributed by atoms with E-state index in [-0.39, 0.29) is 0 Å². The predicted octanol–water partition coefficient (Wildman–Crippen LogP) is 2.22. The highest BCUT2D eigenvalue weighted by molar-refractivity contribution is 5.31. The Kier molecular flexibility index (Phi) is 4.25. The molecule has 3 nitrogen and oxygen atoms in total. The van der Waals surface area contributed by atoms with Crippen LogP contribution in [-0.2, 0) is 0 Å². The first-order valence-corrected chi connectivity index (χ1v) is 6.70. The van der Waals surface area contributed by atoms with E-state index in [0.717, 1.165) is 38.2 Å². The molecule has 1 heterocycles. The molecule has 100 valence electrons. The second-order valence-electron chi connectivity index (χ2n) is 5.45. The maximum Gasteiger partial charge on any atom is 0.122 e. The van der Waals surface area contributed by atoms with Gasteiger partial charge in [0.25, 0.3) is 0 Å². The van der Waals surface area contributed by atoms with Crippen molar-refractivity contribution in [1.82, 2.24) is 4.90 Å². The minimum absolute atomic E-state index is 0.465. The zero-order valence-corrected chi connectivity index (χ0v) is 11.4. The maximum atomic E-state index is 9.87. The molecule has 0 saturated carbocycles. The van der Waals surface area contributed by atoms with Crippen LogP contribution in [0.4, 0.5) is 0 Å². The van der Waals surface area contributed by atoms with Crippen LogP contribution in [0.2, 0.25) is 0 Å². The van der Waals surface area contributed by atoms with Crippen LogP contribution in [0.3, 0.4) is 0 Å². The van der Waals surface area contributed by atoms with Crippen LogP contribution < -0.4 is 4.74 Å². The molecule has 0 bridgehead atoms. The molecule has 2 rings (SSSR count). The number of likely N-dealkylation sites (tertiary alicyclic amines) is 1. The Morgan fingerprint density at radius 3 is 2.61 bits per heavy atom. The van der Waals surface area contributed by atoms with Crippen molar-refractivity contribution in [2.45, 2.75) is 32.3 Å². The average molecular weight is 249 g/mol. The first-order chi connectivity index (χ1) is 8.57. The third kappa shape index (κ3) is 3.72. The number of hydrogen-bond acceptors (Lipinski definition) is 3. The number of para-hydroxylation sites is 1. The van der Waals surface area contributed by atoms with Gasteiger partial charge in [0, 0.05) is 19.6 Å². The maximum absolute atomic E-state index is 9.87. The highest BCUT2D eigenvalue weighted by Gasteiger charge is 2.26. The molecule has 0 amide bonds. The molecule has 1 saturated heterocycles. The third-order valence-corrected chi connectivity index (χ3v) is 3.69. The summed E-state index contributed by atoms with van der Waals surface area (Å²) in [6, 6.07) is 8.10. The first-order valence-electron chi connectivity index (χ1n) is 6.70. The topological polar surface area (TPSA) is 32.7 Å². The molecule has 0 unspecified atom stereocenters. The van der Waals surface area contributed by atoms with Crippen molar-refractivity contribution in [2.75, 3.05) is 26.2 Å². The van der Waals surface area contributed by atoms with Crippen LogP contribution in [-0.4, -0.2) is 41.8 Å². The van der Waals surface area contributed by atoms with Gasteiger partial charge in [-0.2, -0.15) is 0 Å². The molecule has 1 fully saturated rings. The van der Waals surface area contributed by atoms with E-state index >= 15 is 0 Å². The Morgan fingerprint density at radius 1 is 1.28 bits per heavy atom. The third-order valence-electron chi connectivity index (χ3n) is 3.69. The molecule has 0 aliphatic carbocycles. The summed E-state index contributed by atoms with van der Waals surface area (Å²) in [6.45, 7) is 7.56. The van der Waals surface area contributed by atoms with Gasteiger partial charge < -0.3 is 9.84 Å². The molecule has 1 N–H and O–H groups in total. The fourth-order valence-corrected chi connectivity index (χ4v) is 2.26. The van der Waals surface area contributed by atoms with Gasteiger partial charge in [-0.3, -0.25) is 4.90 Å². The van der Waals surface area contributed by atoms with Gasteiger partial charge in [-0.25, -0.2) is 0 Å². The molecular weight excluding hydrogens is 226 g/mol. The zero-order valence-electron chi connectivity index (χ0n) is 11.4. The number of benzene rings is 1. The fourth-order valence-electron chi connectivity index (χ4n) is 2.26. The molecule has 1 aromatic carbocycles. The minimum atomic E-state index is -0.465. The lowest BCUT2D eigenvalue weighted by Crippen LogP contribution is -2.43. The second kappa shape index (κ2) is 5.72. The van der Waals surface area contributed by atoms with Crippen molar-refractivity contribution in [3.8, 4) is 5.75 Å². The Bertz CT molecular complexity index is 380. The number of aryl methyl sites for hydroxylation is 1. The molecule has 0 atom stereocenters. The smallest absolute Gasteiger partial charge is 0.122 e. The van der Waals surface area contributed by atoms with E-state index in [1.165, 1.54) is 5.56 Å². The molecule has 1 aliphatic rings. The van der Waals surface area contributed by atoms with Gasteiger partial charge in [-0.05, 0) is 38.3 Å². The number of ether oxygens (including phenoxy) is 1. The largest absolute Gasteiger partial charge is 0.492 e. The summed E-state index contributed by atoms with van der Waals surface area (Å²) in [7, 11) is 0. The van der Waals surface area contributed by atoms with Crippen LogP contribution >= 0.6 is 0 Å². The predicted molar refractivity (Wildman–Crippen MR) is 73.0 cm³/mol. The number of hydrogen-bond donors (Lipinski definition) is 1. The van der Waals surface area contributed by atoms with Crippen LogP contribution in [0.25, 0.3) is 0 Å². The second-order valence-corrected chi connectivity index (χ2v) is 5.45. The molecular formula is C15H23NO2. The van der Waals surface area contributed by atoms with E-state index in [0.29, 0.717) is 6.61 Å². The summed E-state index contributed by atoms with van der Waals surface area (Å²) in [5.74, 6) is 0.974. The zero-order chi connectivity index (χ0) is 13.0. The molecule has 0 radical (unpaired) electrons. The average Bonchev–Trinajstić information content (AvgIpc) is 2.34. The quantitative estimate of drug-likeness (QED) is 0.888. The standard InChI is InChI=1S/C15H23NO2/c1-13-5-3-4-6-14(13)18-12-11-16-9-7-15(2,17)8-10-16/h3-6,17H,7-12H2,1-2H3. The molecule has 0 aromatic heterocycles. The lowest BCUT2D eigenvalue weighted by Gasteiger charge is -2.35. The van der Waals surface area contributed by atoms with E-state index < -0.39 is 5.60 Å². The minimum Gasteiger partial charge on any atom is -0.492 e. The van der Waals surface area contributed by atoms with Crippen molar-refractivity contribution < 1.29 is 9.84 Å². The summed E-state index contributed by atoms with van der Waals surface area (Å²) < 4.78 is 5.79. The molecule has 18 heavy (non-hydrogen) atoms. The highest BCUT2D eigenvalue weighted by Crippen LogP contribution is 2.21. The van der Waals surface area contributed by atoms with E-state index in [1.807, 2.05) is 25.1 Å². The Morgan fingerprint density at radius 2 is 1.94 bits per heavy atom. The normalized spacial score (nSPS) is 19.7. The van der Waals surface area contributed by atoms with E-state index in [9.17, 15) is 5.11 Å². The SMILES string of the molecule is Cc1ccccc1OCCN1CCC(C)(O)CC1. The van der Waals surface area contributed by atoms with Gasteiger partial charge in [0.15, 0.2) is 0 Å². The van der Waals surface area contributed by atoms with Gasteiger partial charge in [0.05, 0.1) is 5.60 Å². The van der Waals surface area contributed by atoms with Crippen molar-refractivity contribution in [3.63, 3.8) is 0 Å². The van der Waals surface area contributed by atoms with Crippen LogP contribution in [0.1, 0.15) is 25.3 Å². The molecule has 1 aliphatic heterocycles. The van der Waals surface area contributed by atoms with Crippen molar-refractivity contribution in [1.29, 1.82) is 0 Å². The highest BCUT2D eigenvalue weighted by atomic mass is 16.5. The van der Waals surface area contributed by atoms with Gasteiger partial charge in [0.2, 0.25) is 0 Å². The van der Waals surface area contributed by atoms with Crippen molar-refractivity contribution >= 4 is 0 Å². The summed E-state index contributed by atoms with van der Waals surface area (Å²) in [5, 5.41) is 9.87. The summed E-state index contributed by atoms with van der Waals surface area (Å²) in [6.07, 6.45) is 1.72. The fraction of sp³-hybridized carbons (Fsp3) is 0.600.